The highest BCUT2D eigenvalue weighted by Gasteiger charge is 2.16. The molecule has 0 aromatic heterocycles. The van der Waals surface area contributed by atoms with Gasteiger partial charge in [-0.05, 0) is 23.3 Å². The summed E-state index contributed by atoms with van der Waals surface area (Å²) >= 11 is 0. The Balaban J connectivity index is 2.03. The lowest BCUT2D eigenvalue weighted by Crippen LogP contribution is -2.13. The molecule has 0 N–H and O–H groups in total. The molecule has 0 saturated carbocycles. The summed E-state index contributed by atoms with van der Waals surface area (Å²) in [6.07, 6.45) is -0.0319. The minimum atomic E-state index is -0.0319. The van der Waals surface area contributed by atoms with Crippen molar-refractivity contribution in [2.75, 3.05) is 6.79 Å². The van der Waals surface area contributed by atoms with Crippen molar-refractivity contribution in [3.8, 4) is 5.75 Å². The van der Waals surface area contributed by atoms with Crippen LogP contribution in [0, 0.1) is 0 Å². The van der Waals surface area contributed by atoms with Crippen molar-refractivity contribution in [1.29, 1.82) is 0 Å². The molecular weight excluding hydrogens is 200 g/mol. The Hall–Kier alpha value is -1.80. The third-order valence-electron chi connectivity index (χ3n) is 2.75. The Morgan fingerprint density at radius 2 is 1.50 bits per heavy atom. The van der Waals surface area contributed by atoms with Gasteiger partial charge >= 0.3 is 0 Å². The Bertz CT molecular complexity index is 462. The summed E-state index contributed by atoms with van der Waals surface area (Å²) in [6, 6.07) is 18.2. The van der Waals surface area contributed by atoms with Crippen LogP contribution in [0.25, 0.3) is 0 Å². The molecule has 0 amide bonds. The van der Waals surface area contributed by atoms with Crippen LogP contribution < -0.4 is 4.74 Å². The van der Waals surface area contributed by atoms with Gasteiger partial charge in [0.25, 0.3) is 0 Å². The zero-order valence-electron chi connectivity index (χ0n) is 8.80. The van der Waals surface area contributed by atoms with E-state index < -0.39 is 0 Å². The summed E-state index contributed by atoms with van der Waals surface area (Å²) in [6.45, 7) is 0.299. The van der Waals surface area contributed by atoms with E-state index in [9.17, 15) is 0 Å². The monoisotopic (exact) mass is 212 g/mol. The Morgan fingerprint density at radius 1 is 0.812 bits per heavy atom. The fourth-order valence-electron chi connectivity index (χ4n) is 1.92. The second-order valence-electron chi connectivity index (χ2n) is 3.79. The second-order valence-corrected chi connectivity index (χ2v) is 3.79. The first-order valence-corrected chi connectivity index (χ1v) is 5.33. The highest BCUT2D eigenvalue weighted by molar-refractivity contribution is 5.34. The van der Waals surface area contributed by atoms with Crippen LogP contribution in [0.15, 0.2) is 54.6 Å². The maximum atomic E-state index is 5.72. The van der Waals surface area contributed by atoms with Crippen LogP contribution in [0.1, 0.15) is 17.2 Å². The van der Waals surface area contributed by atoms with Crippen molar-refractivity contribution in [3.05, 3.63) is 65.7 Å². The first-order valence-electron chi connectivity index (χ1n) is 5.33. The molecule has 1 atom stereocenters. The average molecular weight is 212 g/mol. The minimum absolute atomic E-state index is 0.0319. The summed E-state index contributed by atoms with van der Waals surface area (Å²) in [5.74, 6) is 0.857. The second kappa shape index (κ2) is 3.99. The summed E-state index contributed by atoms with van der Waals surface area (Å²) in [7, 11) is 0. The third-order valence-corrected chi connectivity index (χ3v) is 2.75. The molecule has 2 aliphatic rings. The molecule has 2 aromatic carbocycles. The molecule has 16 heavy (non-hydrogen) atoms. The summed E-state index contributed by atoms with van der Waals surface area (Å²) < 4.78 is 11.1. The lowest BCUT2D eigenvalue weighted by Gasteiger charge is -2.22. The van der Waals surface area contributed by atoms with E-state index in [1.807, 2.05) is 42.5 Å². The molecule has 1 unspecified atom stereocenters. The van der Waals surface area contributed by atoms with Crippen molar-refractivity contribution >= 4 is 0 Å². The molecule has 2 heteroatoms. The fraction of sp³-hybridized carbons (Fsp3) is 0.143. The predicted molar refractivity (Wildman–Crippen MR) is 61.3 cm³/mol. The van der Waals surface area contributed by atoms with E-state index in [0.717, 1.165) is 11.3 Å². The van der Waals surface area contributed by atoms with Crippen molar-refractivity contribution in [2.24, 2.45) is 0 Å². The SMILES string of the molecule is c1ccc(C2OCOc3ccc2cc3)cc1. The molecule has 0 spiro atoms. The Kier molecular flexibility index (Phi) is 2.35. The number of hydrogen-bond donors (Lipinski definition) is 0. The van der Waals surface area contributed by atoms with Gasteiger partial charge in [-0.2, -0.15) is 0 Å². The van der Waals surface area contributed by atoms with Crippen LogP contribution in [-0.2, 0) is 4.74 Å². The zero-order valence-corrected chi connectivity index (χ0v) is 8.80. The maximum Gasteiger partial charge on any atom is 0.190 e. The van der Waals surface area contributed by atoms with E-state index in [4.69, 9.17) is 9.47 Å². The van der Waals surface area contributed by atoms with E-state index in [1.165, 1.54) is 5.56 Å². The summed E-state index contributed by atoms with van der Waals surface area (Å²) in [4.78, 5) is 0. The topological polar surface area (TPSA) is 18.5 Å². The number of rotatable bonds is 1. The Labute approximate surface area is 94.4 Å². The Morgan fingerprint density at radius 3 is 2.25 bits per heavy atom. The van der Waals surface area contributed by atoms with Gasteiger partial charge in [0, 0.05) is 0 Å². The average Bonchev–Trinajstić information content (AvgIpc) is 2.31. The van der Waals surface area contributed by atoms with Crippen LogP contribution in [0.4, 0.5) is 0 Å². The van der Waals surface area contributed by atoms with Gasteiger partial charge in [-0.15, -0.1) is 0 Å². The molecule has 0 saturated heterocycles. The lowest BCUT2D eigenvalue weighted by molar-refractivity contribution is -0.0230. The zero-order chi connectivity index (χ0) is 10.8. The van der Waals surface area contributed by atoms with Gasteiger partial charge < -0.3 is 9.47 Å². The standard InChI is InChI=1S/C14H12O2/c1-2-4-11(5-3-1)14-12-6-8-13(9-7-12)15-10-16-14/h1-9,14H,10H2. The lowest BCUT2D eigenvalue weighted by atomic mass is 10.0. The first-order chi connectivity index (χ1) is 7.93. The van der Waals surface area contributed by atoms with Gasteiger partial charge in [0.15, 0.2) is 6.79 Å². The van der Waals surface area contributed by atoms with Crippen molar-refractivity contribution in [1.82, 2.24) is 0 Å². The van der Waals surface area contributed by atoms with Gasteiger partial charge in [-0.25, -0.2) is 0 Å². The quantitative estimate of drug-likeness (QED) is 0.723. The predicted octanol–water partition coefficient (Wildman–Crippen LogP) is 3.14. The molecule has 2 aromatic rings. The number of ether oxygens (including phenoxy) is 2. The number of benzene rings is 2. The minimum Gasteiger partial charge on any atom is -0.468 e. The van der Waals surface area contributed by atoms with Crippen LogP contribution in [0.2, 0.25) is 0 Å². The van der Waals surface area contributed by atoms with E-state index >= 15 is 0 Å². The van der Waals surface area contributed by atoms with Crippen molar-refractivity contribution < 1.29 is 9.47 Å². The fourth-order valence-corrected chi connectivity index (χ4v) is 1.92. The summed E-state index contributed by atoms with van der Waals surface area (Å²) in [5.41, 5.74) is 2.32. The van der Waals surface area contributed by atoms with E-state index in [0.29, 0.717) is 6.79 Å². The van der Waals surface area contributed by atoms with Crippen molar-refractivity contribution in [3.63, 3.8) is 0 Å². The normalized spacial score (nSPS) is 18.6. The van der Waals surface area contributed by atoms with E-state index in [-0.39, 0.29) is 6.10 Å². The molecule has 4 rings (SSSR count). The molecule has 0 fully saturated rings. The van der Waals surface area contributed by atoms with Gasteiger partial charge in [0.05, 0.1) is 0 Å². The smallest absolute Gasteiger partial charge is 0.190 e. The molecule has 2 nitrogen and oxygen atoms in total. The van der Waals surface area contributed by atoms with E-state index in [2.05, 4.69) is 12.1 Å². The van der Waals surface area contributed by atoms with Crippen LogP contribution >= 0.6 is 0 Å². The molecule has 2 heterocycles. The molecular formula is C14H12O2. The highest BCUT2D eigenvalue weighted by atomic mass is 16.7. The highest BCUT2D eigenvalue weighted by Crippen LogP contribution is 2.29. The van der Waals surface area contributed by atoms with Gasteiger partial charge in [0.1, 0.15) is 11.9 Å². The van der Waals surface area contributed by atoms with Gasteiger partial charge in [-0.1, -0.05) is 42.5 Å². The van der Waals surface area contributed by atoms with Crippen molar-refractivity contribution in [2.45, 2.75) is 6.10 Å². The van der Waals surface area contributed by atoms with Crippen LogP contribution in [0.5, 0.6) is 5.75 Å². The molecule has 80 valence electrons. The van der Waals surface area contributed by atoms with Crippen LogP contribution in [-0.4, -0.2) is 6.79 Å². The third kappa shape index (κ3) is 1.68. The van der Waals surface area contributed by atoms with Gasteiger partial charge in [0.2, 0.25) is 0 Å². The molecule has 0 aliphatic carbocycles. The van der Waals surface area contributed by atoms with Gasteiger partial charge in [-0.3, -0.25) is 0 Å². The first kappa shape index (κ1) is 9.43. The molecule has 2 bridgehead atoms. The maximum absolute atomic E-state index is 5.72. The molecule has 0 radical (unpaired) electrons. The molecule has 2 aliphatic heterocycles. The van der Waals surface area contributed by atoms with Crippen LogP contribution in [0.3, 0.4) is 0 Å². The van der Waals surface area contributed by atoms with E-state index in [1.54, 1.807) is 0 Å². The summed E-state index contributed by atoms with van der Waals surface area (Å²) in [5, 5.41) is 0. The largest absolute Gasteiger partial charge is 0.468 e. The number of fused-ring (bicyclic) bond motifs is 5. The number of hydrogen-bond acceptors (Lipinski definition) is 2.